The second-order valence-corrected chi connectivity index (χ2v) is 10.6. The highest BCUT2D eigenvalue weighted by molar-refractivity contribution is 6.41. The summed E-state index contributed by atoms with van der Waals surface area (Å²) >= 11 is 13.0. The van der Waals surface area contributed by atoms with Crippen LogP contribution in [-0.2, 0) is 0 Å². The first kappa shape index (κ1) is 29.3. The van der Waals surface area contributed by atoms with Crippen LogP contribution < -0.4 is 35.9 Å². The molecule has 0 unspecified atom stereocenters. The number of amidine groups is 1. The summed E-state index contributed by atoms with van der Waals surface area (Å²) in [6.07, 6.45) is 0. The van der Waals surface area contributed by atoms with Crippen LogP contribution in [0.15, 0.2) is 41.4 Å². The molecule has 1 aromatic heterocycles. The van der Waals surface area contributed by atoms with Crippen LogP contribution in [0.2, 0.25) is 10.0 Å². The normalized spacial score (nSPS) is 15.1. The van der Waals surface area contributed by atoms with Crippen molar-refractivity contribution >= 4 is 46.4 Å². The maximum atomic E-state index is 13.0. The SMILES string of the molecule is COc1cc(C(=O)N=C(N)c2ccc(-c3c(Cl)c(OC)cc(OC)c3Cl)nc2N)ccc1N1CCNC(C)(C)C1. The minimum Gasteiger partial charge on any atom is -0.495 e. The number of rotatable bonds is 7. The number of pyridine rings is 1. The van der Waals surface area contributed by atoms with Crippen LogP contribution in [0.25, 0.3) is 11.3 Å². The first-order valence-electron chi connectivity index (χ1n) is 12.4. The third kappa shape index (κ3) is 5.89. The molecule has 1 fully saturated rings. The first-order valence-corrected chi connectivity index (χ1v) is 13.2. The zero-order chi connectivity index (χ0) is 29.2. The quantitative estimate of drug-likeness (QED) is 0.271. The molecular weight excluding hydrogens is 555 g/mol. The summed E-state index contributed by atoms with van der Waals surface area (Å²) in [6.45, 7) is 6.74. The van der Waals surface area contributed by atoms with E-state index in [1.807, 2.05) is 6.07 Å². The zero-order valence-corrected chi connectivity index (χ0v) is 24.5. The largest absolute Gasteiger partial charge is 0.495 e. The fraction of sp³-hybridized carbons (Fsp3) is 0.321. The molecule has 0 saturated carbocycles. The predicted molar refractivity (Wildman–Crippen MR) is 160 cm³/mol. The average molecular weight is 588 g/mol. The highest BCUT2D eigenvalue weighted by Gasteiger charge is 2.28. The molecule has 0 spiro atoms. The number of anilines is 2. The molecule has 4 rings (SSSR count). The van der Waals surface area contributed by atoms with Gasteiger partial charge in [-0.1, -0.05) is 23.2 Å². The van der Waals surface area contributed by atoms with Crippen molar-refractivity contribution in [3.63, 3.8) is 0 Å². The van der Waals surface area contributed by atoms with Crippen molar-refractivity contribution < 1.29 is 19.0 Å². The fourth-order valence-corrected chi connectivity index (χ4v) is 5.29. The maximum Gasteiger partial charge on any atom is 0.279 e. The lowest BCUT2D eigenvalue weighted by molar-refractivity contribution is 0.100. The molecule has 0 bridgehead atoms. The van der Waals surface area contributed by atoms with Gasteiger partial charge >= 0.3 is 0 Å². The Balaban J connectivity index is 1.62. The second kappa shape index (κ2) is 11.8. The highest BCUT2D eigenvalue weighted by Crippen LogP contribution is 2.45. The number of halogens is 2. The number of aromatic nitrogens is 1. The summed E-state index contributed by atoms with van der Waals surface area (Å²) in [6, 6.07) is 10.0. The molecule has 212 valence electrons. The topological polar surface area (TPSA) is 137 Å². The van der Waals surface area contributed by atoms with Gasteiger partial charge in [0.1, 0.15) is 28.9 Å². The molecule has 0 atom stereocenters. The van der Waals surface area contributed by atoms with Crippen LogP contribution in [-0.4, -0.2) is 63.2 Å². The van der Waals surface area contributed by atoms with Crippen LogP contribution >= 0.6 is 23.2 Å². The van der Waals surface area contributed by atoms with Crippen molar-refractivity contribution in [1.29, 1.82) is 0 Å². The third-order valence-electron chi connectivity index (χ3n) is 6.59. The minimum atomic E-state index is -0.546. The Hall–Kier alpha value is -3.73. The van der Waals surface area contributed by atoms with Crippen LogP contribution in [0.5, 0.6) is 17.2 Å². The molecule has 40 heavy (non-hydrogen) atoms. The summed E-state index contributed by atoms with van der Waals surface area (Å²) in [7, 11) is 4.53. The van der Waals surface area contributed by atoms with Gasteiger partial charge in [0.25, 0.3) is 5.91 Å². The van der Waals surface area contributed by atoms with Crippen molar-refractivity contribution in [2.75, 3.05) is 51.6 Å². The Morgan fingerprint density at radius 2 is 1.68 bits per heavy atom. The van der Waals surface area contributed by atoms with Crippen LogP contribution in [0.1, 0.15) is 29.8 Å². The number of nitrogens with two attached hydrogens (primary N) is 2. The molecule has 0 aliphatic carbocycles. The number of piperazine rings is 1. The number of carbonyl (C=O) groups excluding carboxylic acids is 1. The maximum absolute atomic E-state index is 13.0. The molecule has 0 radical (unpaired) electrons. The number of hydrogen-bond donors (Lipinski definition) is 3. The first-order chi connectivity index (χ1) is 19.0. The standard InChI is InChI=1S/C28H32Cl2N6O4/c1-28(2)14-36(11-10-33-28)18-9-6-15(12-19(18)38-3)27(37)35-26(32)16-7-8-17(34-25(16)31)22-23(29)20(39-4)13-21(40-5)24(22)30/h6-9,12-13,33H,10-11,14H2,1-5H3,(H2,31,34)(H2,32,35,37). The van der Waals surface area contributed by atoms with Gasteiger partial charge in [-0.2, -0.15) is 4.99 Å². The Kier molecular flexibility index (Phi) is 8.62. The van der Waals surface area contributed by atoms with Crippen molar-refractivity contribution in [3.8, 4) is 28.5 Å². The molecule has 2 aromatic carbocycles. The van der Waals surface area contributed by atoms with Crippen molar-refractivity contribution in [2.45, 2.75) is 19.4 Å². The third-order valence-corrected chi connectivity index (χ3v) is 7.34. The number of ether oxygens (including phenoxy) is 3. The molecule has 3 aromatic rings. The monoisotopic (exact) mass is 586 g/mol. The summed E-state index contributed by atoms with van der Waals surface area (Å²) in [5.41, 5.74) is 14.6. The summed E-state index contributed by atoms with van der Waals surface area (Å²) in [5.74, 6) is 0.691. The van der Waals surface area contributed by atoms with E-state index >= 15 is 0 Å². The van der Waals surface area contributed by atoms with E-state index in [9.17, 15) is 4.79 Å². The molecule has 1 aliphatic heterocycles. The van der Waals surface area contributed by atoms with E-state index < -0.39 is 5.91 Å². The lowest BCUT2D eigenvalue weighted by atomic mass is 10.0. The van der Waals surface area contributed by atoms with Crippen LogP contribution in [0, 0.1) is 0 Å². The highest BCUT2D eigenvalue weighted by atomic mass is 35.5. The van der Waals surface area contributed by atoms with Gasteiger partial charge in [-0.25, -0.2) is 4.98 Å². The smallest absolute Gasteiger partial charge is 0.279 e. The van der Waals surface area contributed by atoms with Gasteiger partial charge in [0.15, 0.2) is 0 Å². The number of methoxy groups -OCH3 is 3. The average Bonchev–Trinajstić information content (AvgIpc) is 2.92. The number of carbonyl (C=O) groups is 1. The number of benzene rings is 2. The van der Waals surface area contributed by atoms with Gasteiger partial charge in [-0.15, -0.1) is 0 Å². The van der Waals surface area contributed by atoms with Gasteiger partial charge in [-0.3, -0.25) is 4.79 Å². The van der Waals surface area contributed by atoms with E-state index in [2.05, 4.69) is 34.0 Å². The number of nitrogens with zero attached hydrogens (tertiary/aromatic N) is 3. The van der Waals surface area contributed by atoms with E-state index in [-0.39, 0.29) is 32.8 Å². The van der Waals surface area contributed by atoms with Crippen molar-refractivity contribution in [1.82, 2.24) is 10.3 Å². The number of amides is 1. The second-order valence-electron chi connectivity index (χ2n) is 9.83. The Morgan fingerprint density at radius 1 is 1.02 bits per heavy atom. The predicted octanol–water partition coefficient (Wildman–Crippen LogP) is 4.40. The fourth-order valence-electron chi connectivity index (χ4n) is 4.59. The summed E-state index contributed by atoms with van der Waals surface area (Å²) in [5, 5.41) is 3.97. The van der Waals surface area contributed by atoms with Crippen LogP contribution in [0.4, 0.5) is 11.5 Å². The van der Waals surface area contributed by atoms with Crippen molar-refractivity contribution in [2.24, 2.45) is 10.7 Å². The number of hydrogen-bond acceptors (Lipinski definition) is 8. The van der Waals surface area contributed by atoms with Crippen molar-refractivity contribution in [3.05, 3.63) is 57.6 Å². The zero-order valence-electron chi connectivity index (χ0n) is 23.0. The van der Waals surface area contributed by atoms with E-state index in [4.69, 9.17) is 48.9 Å². The van der Waals surface area contributed by atoms with E-state index in [0.29, 0.717) is 34.1 Å². The van der Waals surface area contributed by atoms with Crippen LogP contribution in [0.3, 0.4) is 0 Å². The summed E-state index contributed by atoms with van der Waals surface area (Å²) in [4.78, 5) is 23.8. The minimum absolute atomic E-state index is 0.0368. The Morgan fingerprint density at radius 3 is 2.25 bits per heavy atom. The molecule has 10 nitrogen and oxygen atoms in total. The van der Waals surface area contributed by atoms with Gasteiger partial charge in [0.2, 0.25) is 0 Å². The van der Waals surface area contributed by atoms with E-state index in [0.717, 1.165) is 25.3 Å². The summed E-state index contributed by atoms with van der Waals surface area (Å²) < 4.78 is 16.3. The Bertz CT molecular complexity index is 1450. The molecule has 2 heterocycles. The number of nitrogens with one attached hydrogen (secondary N) is 1. The molecule has 1 aliphatic rings. The number of aliphatic imine (C=N–C) groups is 1. The van der Waals surface area contributed by atoms with Gasteiger partial charge in [-0.05, 0) is 44.2 Å². The van der Waals surface area contributed by atoms with E-state index in [1.54, 1.807) is 37.4 Å². The molecule has 1 amide bonds. The van der Waals surface area contributed by atoms with Gasteiger partial charge in [0.05, 0.1) is 48.3 Å². The number of nitrogen functional groups attached to an aromatic ring is 1. The van der Waals surface area contributed by atoms with Gasteiger partial charge < -0.3 is 35.9 Å². The lowest BCUT2D eigenvalue weighted by Gasteiger charge is -2.40. The molecule has 5 N–H and O–H groups in total. The van der Waals surface area contributed by atoms with E-state index in [1.165, 1.54) is 14.2 Å². The molecule has 12 heteroatoms. The Labute approximate surface area is 243 Å². The van der Waals surface area contributed by atoms with Gasteiger partial charge in [0, 0.05) is 42.4 Å². The molecule has 1 saturated heterocycles. The molecular formula is C28H32Cl2N6O4. The lowest BCUT2D eigenvalue weighted by Crippen LogP contribution is -2.57.